The maximum Gasteiger partial charge on any atom is 0.410 e. The second-order valence-corrected chi connectivity index (χ2v) is 8.41. The van der Waals surface area contributed by atoms with Gasteiger partial charge in [0.05, 0.1) is 12.6 Å². The molecular formula is C19H28IN3O4. The molecule has 0 N–H and O–H groups in total. The minimum absolute atomic E-state index is 0.148. The zero-order valence-electron chi connectivity index (χ0n) is 16.7. The summed E-state index contributed by atoms with van der Waals surface area (Å²) in [5, 5.41) is 0. The molecule has 0 fully saturated rings. The topological polar surface area (TPSA) is 72.0 Å². The Hall–Kier alpha value is -1.84. The molecule has 1 aromatic heterocycles. The standard InChI is InChI=1S/C19H28IN3O4/c1-14(7-10-17(24)22(5)6)23(18(25)27-19(2,3)4)11-12-26-16-9-8-15(20)13-21-16/h7-10,13-14H,11-12H2,1-6H3/b10-7+. The summed E-state index contributed by atoms with van der Waals surface area (Å²) >= 11 is 2.17. The molecule has 1 unspecified atom stereocenters. The van der Waals surface area contributed by atoms with E-state index in [0.717, 1.165) is 3.57 Å². The Bertz CT molecular complexity index is 654. The first kappa shape index (κ1) is 23.2. The van der Waals surface area contributed by atoms with Crippen molar-refractivity contribution in [1.29, 1.82) is 0 Å². The number of amides is 2. The van der Waals surface area contributed by atoms with Crippen LogP contribution in [-0.2, 0) is 9.53 Å². The van der Waals surface area contributed by atoms with Gasteiger partial charge in [0, 0.05) is 36.0 Å². The summed E-state index contributed by atoms with van der Waals surface area (Å²) < 4.78 is 12.1. The fraction of sp³-hybridized carbons (Fsp3) is 0.526. The van der Waals surface area contributed by atoms with Crippen molar-refractivity contribution in [3.63, 3.8) is 0 Å². The Morgan fingerprint density at radius 1 is 1.30 bits per heavy atom. The summed E-state index contributed by atoms with van der Waals surface area (Å²) in [6.45, 7) is 7.81. The minimum atomic E-state index is -0.614. The van der Waals surface area contributed by atoms with Crippen molar-refractivity contribution in [3.8, 4) is 5.88 Å². The van der Waals surface area contributed by atoms with Crippen LogP contribution in [0.25, 0.3) is 0 Å². The molecule has 1 aromatic rings. The number of aromatic nitrogens is 1. The van der Waals surface area contributed by atoms with Gasteiger partial charge in [-0.15, -0.1) is 0 Å². The quantitative estimate of drug-likeness (QED) is 0.434. The van der Waals surface area contributed by atoms with Crippen molar-refractivity contribution in [1.82, 2.24) is 14.8 Å². The molecule has 0 radical (unpaired) electrons. The Kier molecular flexibility index (Phi) is 9.01. The number of rotatable bonds is 7. The van der Waals surface area contributed by atoms with Gasteiger partial charge in [-0.05, 0) is 56.4 Å². The van der Waals surface area contributed by atoms with E-state index < -0.39 is 11.7 Å². The number of ether oxygens (including phenoxy) is 2. The van der Waals surface area contributed by atoms with E-state index in [1.165, 1.54) is 15.9 Å². The molecule has 0 bridgehead atoms. The summed E-state index contributed by atoms with van der Waals surface area (Å²) in [5.74, 6) is 0.343. The Labute approximate surface area is 174 Å². The number of pyridine rings is 1. The smallest absolute Gasteiger partial charge is 0.410 e. The largest absolute Gasteiger partial charge is 0.476 e. The summed E-state index contributed by atoms with van der Waals surface area (Å²) in [6.07, 6.45) is 4.37. The van der Waals surface area contributed by atoms with Gasteiger partial charge in [-0.1, -0.05) is 6.08 Å². The van der Waals surface area contributed by atoms with Crippen molar-refractivity contribution < 1.29 is 19.1 Å². The molecule has 0 aromatic carbocycles. The van der Waals surface area contributed by atoms with Gasteiger partial charge in [0.2, 0.25) is 11.8 Å². The van der Waals surface area contributed by atoms with Gasteiger partial charge >= 0.3 is 6.09 Å². The SMILES string of the molecule is CC(/C=C/C(=O)N(C)C)N(CCOc1ccc(I)cn1)C(=O)OC(C)(C)C. The molecule has 1 atom stereocenters. The molecule has 8 heteroatoms. The molecule has 0 aliphatic rings. The third-order valence-electron chi connectivity index (χ3n) is 3.36. The van der Waals surface area contributed by atoms with Crippen molar-refractivity contribution in [2.75, 3.05) is 27.2 Å². The molecule has 1 heterocycles. The van der Waals surface area contributed by atoms with E-state index in [-0.39, 0.29) is 18.6 Å². The lowest BCUT2D eigenvalue weighted by Crippen LogP contribution is -2.43. The first-order valence-electron chi connectivity index (χ1n) is 8.63. The van der Waals surface area contributed by atoms with Crippen molar-refractivity contribution in [2.24, 2.45) is 0 Å². The summed E-state index contributed by atoms with van der Waals surface area (Å²) in [7, 11) is 3.34. The lowest BCUT2D eigenvalue weighted by atomic mass is 10.2. The molecule has 0 aliphatic carbocycles. The summed E-state index contributed by atoms with van der Waals surface area (Å²) in [4.78, 5) is 31.5. The fourth-order valence-corrected chi connectivity index (χ4v) is 2.27. The minimum Gasteiger partial charge on any atom is -0.476 e. The van der Waals surface area contributed by atoms with Gasteiger partial charge in [-0.25, -0.2) is 9.78 Å². The van der Waals surface area contributed by atoms with Gasteiger partial charge in [0.15, 0.2) is 0 Å². The maximum atomic E-state index is 12.6. The molecule has 27 heavy (non-hydrogen) atoms. The van der Waals surface area contributed by atoms with Crippen LogP contribution in [-0.4, -0.2) is 65.7 Å². The number of halogens is 1. The van der Waals surface area contributed by atoms with Crippen LogP contribution in [0.3, 0.4) is 0 Å². The van der Waals surface area contributed by atoms with E-state index >= 15 is 0 Å². The number of carbonyl (C=O) groups is 2. The van der Waals surface area contributed by atoms with Crippen LogP contribution in [0.4, 0.5) is 4.79 Å². The van der Waals surface area contributed by atoms with Gasteiger partial charge in [0.25, 0.3) is 0 Å². The van der Waals surface area contributed by atoms with Crippen LogP contribution >= 0.6 is 22.6 Å². The lowest BCUT2D eigenvalue weighted by Gasteiger charge is -2.30. The Morgan fingerprint density at radius 3 is 2.48 bits per heavy atom. The first-order chi connectivity index (χ1) is 12.5. The van der Waals surface area contributed by atoms with Crippen LogP contribution in [0.5, 0.6) is 5.88 Å². The highest BCUT2D eigenvalue weighted by atomic mass is 127. The third kappa shape index (κ3) is 9.07. The summed E-state index contributed by atoms with van der Waals surface area (Å²) in [5.41, 5.74) is -0.614. The maximum absolute atomic E-state index is 12.6. The molecule has 150 valence electrons. The molecule has 7 nitrogen and oxygen atoms in total. The molecule has 0 aliphatic heterocycles. The van der Waals surface area contributed by atoms with Gasteiger partial charge in [-0.3, -0.25) is 9.69 Å². The van der Waals surface area contributed by atoms with E-state index in [4.69, 9.17) is 9.47 Å². The number of likely N-dealkylation sites (N-methyl/N-ethyl adjacent to an activating group) is 1. The Balaban J connectivity index is 2.78. The molecule has 2 amide bonds. The van der Waals surface area contributed by atoms with Crippen molar-refractivity contribution in [3.05, 3.63) is 34.1 Å². The van der Waals surface area contributed by atoms with E-state index in [1.807, 2.05) is 33.8 Å². The highest BCUT2D eigenvalue weighted by Gasteiger charge is 2.25. The molecule has 0 saturated heterocycles. The number of nitrogens with zero attached hydrogens (tertiary/aromatic N) is 3. The number of hydrogen-bond donors (Lipinski definition) is 0. The predicted molar refractivity (Wildman–Crippen MR) is 113 cm³/mol. The summed E-state index contributed by atoms with van der Waals surface area (Å²) in [6, 6.07) is 3.34. The second-order valence-electron chi connectivity index (χ2n) is 7.17. The van der Waals surface area contributed by atoms with E-state index in [1.54, 1.807) is 32.4 Å². The van der Waals surface area contributed by atoms with Crippen LogP contribution < -0.4 is 4.74 Å². The average Bonchev–Trinajstić information content (AvgIpc) is 2.56. The fourth-order valence-electron chi connectivity index (χ4n) is 1.95. The highest BCUT2D eigenvalue weighted by Crippen LogP contribution is 2.14. The lowest BCUT2D eigenvalue weighted by molar-refractivity contribution is -0.123. The van der Waals surface area contributed by atoms with Crippen molar-refractivity contribution in [2.45, 2.75) is 39.3 Å². The van der Waals surface area contributed by atoms with Crippen LogP contribution in [0, 0.1) is 3.57 Å². The zero-order valence-corrected chi connectivity index (χ0v) is 18.9. The number of carbonyl (C=O) groups excluding carboxylic acids is 2. The van der Waals surface area contributed by atoms with Gasteiger partial charge < -0.3 is 14.4 Å². The molecule has 1 rings (SSSR count). The zero-order chi connectivity index (χ0) is 20.6. The number of hydrogen-bond acceptors (Lipinski definition) is 5. The second kappa shape index (κ2) is 10.5. The predicted octanol–water partition coefficient (Wildman–Crippen LogP) is 3.34. The normalized spacial score (nSPS) is 12.6. The van der Waals surface area contributed by atoms with Crippen LogP contribution in [0.15, 0.2) is 30.5 Å². The van der Waals surface area contributed by atoms with Crippen molar-refractivity contribution >= 4 is 34.6 Å². The van der Waals surface area contributed by atoms with E-state index in [2.05, 4.69) is 27.6 Å². The van der Waals surface area contributed by atoms with Gasteiger partial charge in [0.1, 0.15) is 12.2 Å². The van der Waals surface area contributed by atoms with Crippen LogP contribution in [0.1, 0.15) is 27.7 Å². The molecule has 0 spiro atoms. The highest BCUT2D eigenvalue weighted by molar-refractivity contribution is 14.1. The van der Waals surface area contributed by atoms with Gasteiger partial charge in [-0.2, -0.15) is 0 Å². The van der Waals surface area contributed by atoms with Crippen LogP contribution in [0.2, 0.25) is 0 Å². The van der Waals surface area contributed by atoms with E-state index in [9.17, 15) is 9.59 Å². The monoisotopic (exact) mass is 489 g/mol. The molecule has 0 saturated carbocycles. The van der Waals surface area contributed by atoms with E-state index in [0.29, 0.717) is 12.4 Å². The average molecular weight is 489 g/mol. The molecular weight excluding hydrogens is 461 g/mol. The first-order valence-corrected chi connectivity index (χ1v) is 9.71. The Morgan fingerprint density at radius 2 is 1.96 bits per heavy atom. The third-order valence-corrected chi connectivity index (χ3v) is 4.00.